The third-order valence-electron chi connectivity index (χ3n) is 4.22. The van der Waals surface area contributed by atoms with Gasteiger partial charge < -0.3 is 10.2 Å². The summed E-state index contributed by atoms with van der Waals surface area (Å²) >= 11 is 1.74. The molecule has 0 atom stereocenters. The lowest BCUT2D eigenvalue weighted by atomic mass is 10.1. The third-order valence-corrected chi connectivity index (χ3v) is 5.31. The Morgan fingerprint density at radius 1 is 1.36 bits per heavy atom. The quantitative estimate of drug-likeness (QED) is 0.922. The van der Waals surface area contributed by atoms with Crippen molar-refractivity contribution in [1.29, 1.82) is 0 Å². The highest BCUT2D eigenvalue weighted by molar-refractivity contribution is 7.18. The van der Waals surface area contributed by atoms with E-state index in [4.69, 9.17) is 0 Å². The number of para-hydroxylation sites is 1. The van der Waals surface area contributed by atoms with Crippen LogP contribution in [0.3, 0.4) is 0 Å². The van der Waals surface area contributed by atoms with Crippen LogP contribution < -0.4 is 5.32 Å². The van der Waals surface area contributed by atoms with Gasteiger partial charge in [-0.15, -0.1) is 11.3 Å². The predicted octanol–water partition coefficient (Wildman–Crippen LogP) is 2.83. The number of piperidine rings is 1. The Morgan fingerprint density at radius 2 is 2.14 bits per heavy atom. The van der Waals surface area contributed by atoms with Crippen LogP contribution in [0.4, 0.5) is 0 Å². The molecule has 1 aliphatic rings. The largest absolute Gasteiger partial charge is 0.353 e. The monoisotopic (exact) mass is 317 g/mol. The minimum atomic E-state index is 0.190. The van der Waals surface area contributed by atoms with E-state index >= 15 is 0 Å². The zero-order chi connectivity index (χ0) is 15.4. The van der Waals surface area contributed by atoms with Gasteiger partial charge in [0.1, 0.15) is 0 Å². The predicted molar refractivity (Wildman–Crippen MR) is 91.2 cm³/mol. The number of likely N-dealkylation sites (tertiary alicyclic amines) is 1. The van der Waals surface area contributed by atoms with Crippen molar-refractivity contribution in [2.75, 3.05) is 20.1 Å². The van der Waals surface area contributed by atoms with E-state index in [0.717, 1.165) is 49.3 Å². The van der Waals surface area contributed by atoms with Crippen LogP contribution in [0.15, 0.2) is 24.3 Å². The summed E-state index contributed by atoms with van der Waals surface area (Å²) in [5.41, 5.74) is 1.07. The van der Waals surface area contributed by atoms with Crippen LogP contribution in [-0.4, -0.2) is 42.0 Å². The second-order valence-electron chi connectivity index (χ2n) is 6.07. The van der Waals surface area contributed by atoms with E-state index in [9.17, 15) is 4.79 Å². The first-order valence-corrected chi connectivity index (χ1v) is 8.85. The van der Waals surface area contributed by atoms with Crippen molar-refractivity contribution in [2.24, 2.45) is 0 Å². The second-order valence-corrected chi connectivity index (χ2v) is 7.19. The van der Waals surface area contributed by atoms with Gasteiger partial charge in [0.25, 0.3) is 0 Å². The zero-order valence-corrected chi connectivity index (χ0v) is 13.9. The van der Waals surface area contributed by atoms with E-state index in [-0.39, 0.29) is 5.91 Å². The Balaban J connectivity index is 1.41. The van der Waals surface area contributed by atoms with Gasteiger partial charge in [-0.3, -0.25) is 4.79 Å². The zero-order valence-electron chi connectivity index (χ0n) is 13.0. The van der Waals surface area contributed by atoms with Crippen LogP contribution in [-0.2, 0) is 11.2 Å². The molecule has 0 aliphatic carbocycles. The van der Waals surface area contributed by atoms with Crippen LogP contribution >= 0.6 is 11.3 Å². The molecule has 1 N–H and O–H groups in total. The summed E-state index contributed by atoms with van der Waals surface area (Å²) in [5.74, 6) is 0.190. The van der Waals surface area contributed by atoms with Crippen LogP contribution in [0, 0.1) is 0 Å². The van der Waals surface area contributed by atoms with Crippen molar-refractivity contribution in [1.82, 2.24) is 15.2 Å². The van der Waals surface area contributed by atoms with Crippen LogP contribution in [0.5, 0.6) is 0 Å². The number of benzene rings is 1. The molecule has 118 valence electrons. The fraction of sp³-hybridized carbons (Fsp3) is 0.529. The number of nitrogens with one attached hydrogen (secondary N) is 1. The van der Waals surface area contributed by atoms with Crippen molar-refractivity contribution in [3.8, 4) is 0 Å². The first-order valence-electron chi connectivity index (χ1n) is 8.03. The molecule has 2 aromatic rings. The Labute approximate surface area is 135 Å². The fourth-order valence-corrected chi connectivity index (χ4v) is 3.89. The van der Waals surface area contributed by atoms with Crippen molar-refractivity contribution in [3.05, 3.63) is 29.3 Å². The van der Waals surface area contributed by atoms with Crippen LogP contribution in [0.2, 0.25) is 0 Å². The van der Waals surface area contributed by atoms with E-state index in [0.29, 0.717) is 12.5 Å². The lowest BCUT2D eigenvalue weighted by molar-refractivity contribution is -0.122. The number of nitrogens with zero attached hydrogens (tertiary/aromatic N) is 2. The van der Waals surface area contributed by atoms with E-state index < -0.39 is 0 Å². The number of hydrogen-bond acceptors (Lipinski definition) is 4. The Kier molecular flexibility index (Phi) is 5.05. The highest BCUT2D eigenvalue weighted by Gasteiger charge is 2.18. The van der Waals surface area contributed by atoms with Gasteiger partial charge in [0.15, 0.2) is 0 Å². The minimum absolute atomic E-state index is 0.190. The van der Waals surface area contributed by atoms with E-state index in [1.165, 1.54) is 4.70 Å². The number of carbonyl (C=O) groups excluding carboxylic acids is 1. The smallest absolute Gasteiger partial charge is 0.220 e. The van der Waals surface area contributed by atoms with Gasteiger partial charge >= 0.3 is 0 Å². The maximum absolute atomic E-state index is 12.0. The standard InChI is InChI=1S/C17H23N3OS/c1-20-11-9-13(10-12-20)18-16(21)7-4-8-17-19-14-5-2-3-6-15(14)22-17/h2-3,5-6,13H,4,7-12H2,1H3,(H,18,21). The van der Waals surface area contributed by atoms with Gasteiger partial charge in [0.05, 0.1) is 15.2 Å². The summed E-state index contributed by atoms with van der Waals surface area (Å²) in [6.45, 7) is 2.16. The molecule has 1 amide bonds. The summed E-state index contributed by atoms with van der Waals surface area (Å²) in [5, 5.41) is 4.30. The molecule has 0 bridgehead atoms. The summed E-state index contributed by atoms with van der Waals surface area (Å²) in [6, 6.07) is 8.57. The van der Waals surface area contributed by atoms with Gasteiger partial charge in [0, 0.05) is 12.5 Å². The molecule has 5 heteroatoms. The number of amides is 1. The van der Waals surface area contributed by atoms with E-state index in [1.807, 2.05) is 18.2 Å². The molecule has 0 saturated carbocycles. The summed E-state index contributed by atoms with van der Waals surface area (Å²) in [7, 11) is 2.13. The first kappa shape index (κ1) is 15.4. The Bertz CT molecular complexity index is 599. The van der Waals surface area contributed by atoms with Crippen LogP contribution in [0.1, 0.15) is 30.7 Å². The average molecular weight is 317 g/mol. The number of aromatic nitrogens is 1. The molecular formula is C17H23N3OS. The molecule has 1 saturated heterocycles. The Morgan fingerprint density at radius 3 is 2.91 bits per heavy atom. The average Bonchev–Trinajstić information content (AvgIpc) is 2.92. The molecule has 0 spiro atoms. The lowest BCUT2D eigenvalue weighted by Crippen LogP contribution is -2.43. The number of thiazole rings is 1. The number of rotatable bonds is 5. The maximum Gasteiger partial charge on any atom is 0.220 e. The molecule has 22 heavy (non-hydrogen) atoms. The highest BCUT2D eigenvalue weighted by atomic mass is 32.1. The van der Waals surface area contributed by atoms with Crippen LogP contribution in [0.25, 0.3) is 10.2 Å². The first-order chi connectivity index (χ1) is 10.7. The fourth-order valence-electron chi connectivity index (χ4n) is 2.88. The van der Waals surface area contributed by atoms with Crippen molar-refractivity contribution in [3.63, 3.8) is 0 Å². The molecular weight excluding hydrogens is 294 g/mol. The van der Waals surface area contributed by atoms with Crippen molar-refractivity contribution < 1.29 is 4.79 Å². The highest BCUT2D eigenvalue weighted by Crippen LogP contribution is 2.22. The van der Waals surface area contributed by atoms with Crippen molar-refractivity contribution >= 4 is 27.5 Å². The molecule has 4 nitrogen and oxygen atoms in total. The third kappa shape index (κ3) is 4.05. The SMILES string of the molecule is CN1CCC(NC(=O)CCCc2nc3ccccc3s2)CC1. The molecule has 1 fully saturated rings. The topological polar surface area (TPSA) is 45.2 Å². The molecule has 1 aromatic carbocycles. The van der Waals surface area contributed by atoms with E-state index in [1.54, 1.807) is 11.3 Å². The Hall–Kier alpha value is -1.46. The molecule has 1 aliphatic heterocycles. The molecule has 3 rings (SSSR count). The van der Waals surface area contributed by atoms with Crippen molar-refractivity contribution in [2.45, 2.75) is 38.1 Å². The molecule has 0 radical (unpaired) electrons. The summed E-state index contributed by atoms with van der Waals surface area (Å²) in [6.07, 6.45) is 4.50. The van der Waals surface area contributed by atoms with Gasteiger partial charge in [-0.2, -0.15) is 0 Å². The van der Waals surface area contributed by atoms with E-state index in [2.05, 4.69) is 28.3 Å². The van der Waals surface area contributed by atoms with Gasteiger partial charge in [-0.05, 0) is 58.0 Å². The van der Waals surface area contributed by atoms with Gasteiger partial charge in [-0.1, -0.05) is 12.1 Å². The minimum Gasteiger partial charge on any atom is -0.353 e. The van der Waals surface area contributed by atoms with Gasteiger partial charge in [0.2, 0.25) is 5.91 Å². The lowest BCUT2D eigenvalue weighted by Gasteiger charge is -2.29. The number of aryl methyl sites for hydroxylation is 1. The second kappa shape index (κ2) is 7.20. The molecule has 1 aromatic heterocycles. The number of hydrogen-bond donors (Lipinski definition) is 1. The summed E-state index contributed by atoms with van der Waals surface area (Å²) in [4.78, 5) is 18.9. The summed E-state index contributed by atoms with van der Waals surface area (Å²) < 4.78 is 1.23. The number of fused-ring (bicyclic) bond motifs is 1. The maximum atomic E-state index is 12.0. The number of carbonyl (C=O) groups is 1. The normalized spacial score (nSPS) is 17.0. The molecule has 0 unspecified atom stereocenters. The van der Waals surface area contributed by atoms with Gasteiger partial charge in [-0.25, -0.2) is 4.98 Å². The molecule has 2 heterocycles.